The fraction of sp³-hybridized carbons (Fsp3) is 0.333. The fourth-order valence-electron chi connectivity index (χ4n) is 3.64. The van der Waals surface area contributed by atoms with Crippen LogP contribution in [0, 0.1) is 5.82 Å². The highest BCUT2D eigenvalue weighted by Crippen LogP contribution is 2.36. The molecule has 0 bridgehead atoms. The van der Waals surface area contributed by atoms with E-state index in [9.17, 15) is 9.18 Å². The molecule has 4 rings (SSSR count). The first-order valence-corrected chi connectivity index (χ1v) is 11.3. The SMILES string of the molecule is Cn1ncc(Cl)c1-c1cc(NC(=O)COc2cccc(F)c2)ccc1OCCN1CCOCC1. The molecular formula is C24H26ClFN4O4. The van der Waals surface area contributed by atoms with E-state index in [-0.39, 0.29) is 18.3 Å². The first-order valence-electron chi connectivity index (χ1n) is 10.9. The zero-order valence-corrected chi connectivity index (χ0v) is 19.6. The van der Waals surface area contributed by atoms with Gasteiger partial charge in [0.25, 0.3) is 5.91 Å². The molecule has 34 heavy (non-hydrogen) atoms. The van der Waals surface area contributed by atoms with Crippen molar-refractivity contribution >= 4 is 23.2 Å². The number of carbonyl (C=O) groups is 1. The number of morpholine rings is 1. The monoisotopic (exact) mass is 488 g/mol. The van der Waals surface area contributed by atoms with E-state index in [1.807, 2.05) is 0 Å². The van der Waals surface area contributed by atoms with Crippen molar-refractivity contribution < 1.29 is 23.4 Å². The maximum atomic E-state index is 13.3. The highest BCUT2D eigenvalue weighted by molar-refractivity contribution is 6.33. The Kier molecular flexibility index (Phi) is 7.99. The van der Waals surface area contributed by atoms with Crippen LogP contribution in [0.25, 0.3) is 11.3 Å². The molecule has 0 atom stereocenters. The van der Waals surface area contributed by atoms with Crippen molar-refractivity contribution in [3.8, 4) is 22.8 Å². The van der Waals surface area contributed by atoms with Gasteiger partial charge in [0.15, 0.2) is 6.61 Å². The number of benzene rings is 2. The summed E-state index contributed by atoms with van der Waals surface area (Å²) in [6.45, 7) is 4.23. The quantitative estimate of drug-likeness (QED) is 0.496. The van der Waals surface area contributed by atoms with Crippen LogP contribution in [0.5, 0.6) is 11.5 Å². The smallest absolute Gasteiger partial charge is 0.262 e. The molecule has 3 aromatic rings. The number of ether oxygens (including phenoxy) is 3. The van der Waals surface area contributed by atoms with Gasteiger partial charge in [-0.3, -0.25) is 14.4 Å². The van der Waals surface area contributed by atoms with Gasteiger partial charge in [0.1, 0.15) is 23.9 Å². The van der Waals surface area contributed by atoms with Crippen molar-refractivity contribution in [3.63, 3.8) is 0 Å². The third-order valence-electron chi connectivity index (χ3n) is 5.35. The Bertz CT molecular complexity index is 1110. The molecule has 1 N–H and O–H groups in total. The van der Waals surface area contributed by atoms with Crippen LogP contribution in [0.2, 0.25) is 5.02 Å². The van der Waals surface area contributed by atoms with Crippen molar-refractivity contribution in [2.45, 2.75) is 0 Å². The topological polar surface area (TPSA) is 77.9 Å². The van der Waals surface area contributed by atoms with Gasteiger partial charge < -0.3 is 19.5 Å². The Balaban J connectivity index is 1.45. The Morgan fingerprint density at radius 3 is 2.76 bits per heavy atom. The lowest BCUT2D eigenvalue weighted by Gasteiger charge is -2.26. The van der Waals surface area contributed by atoms with Crippen molar-refractivity contribution in [3.05, 3.63) is 59.5 Å². The van der Waals surface area contributed by atoms with Gasteiger partial charge in [-0.05, 0) is 30.3 Å². The van der Waals surface area contributed by atoms with Gasteiger partial charge in [0.2, 0.25) is 0 Å². The third-order valence-corrected chi connectivity index (χ3v) is 5.62. The number of aromatic nitrogens is 2. The zero-order chi connectivity index (χ0) is 23.9. The summed E-state index contributed by atoms with van der Waals surface area (Å²) < 4.78 is 31.8. The summed E-state index contributed by atoms with van der Waals surface area (Å²) in [4.78, 5) is 14.7. The minimum Gasteiger partial charge on any atom is -0.492 e. The number of anilines is 1. The summed E-state index contributed by atoms with van der Waals surface area (Å²) in [5, 5.41) is 7.48. The second-order valence-electron chi connectivity index (χ2n) is 7.77. The standard InChI is InChI=1S/C24H26ClFN4O4/c1-29-24(21(25)15-27-29)20-14-18(28-23(31)16-34-19-4-2-3-17(26)13-19)5-6-22(20)33-12-9-30-7-10-32-11-8-30/h2-6,13-15H,7-12,16H2,1H3,(H,28,31). The molecule has 1 aliphatic rings. The number of carbonyl (C=O) groups excluding carboxylic acids is 1. The molecule has 1 fully saturated rings. The molecule has 1 aromatic heterocycles. The average molecular weight is 489 g/mol. The molecule has 0 aliphatic carbocycles. The number of halogens is 2. The average Bonchev–Trinajstić information content (AvgIpc) is 3.17. The summed E-state index contributed by atoms with van der Waals surface area (Å²) in [5.41, 5.74) is 1.92. The number of aryl methyl sites for hydroxylation is 1. The molecule has 0 radical (unpaired) electrons. The summed E-state index contributed by atoms with van der Waals surface area (Å²) in [6.07, 6.45) is 1.56. The largest absolute Gasteiger partial charge is 0.492 e. The van der Waals surface area contributed by atoms with Gasteiger partial charge in [-0.1, -0.05) is 17.7 Å². The molecule has 2 aromatic carbocycles. The molecule has 0 unspecified atom stereocenters. The Morgan fingerprint density at radius 2 is 2.03 bits per heavy atom. The maximum absolute atomic E-state index is 13.3. The molecule has 10 heteroatoms. The molecule has 1 amide bonds. The van der Waals surface area contributed by atoms with E-state index < -0.39 is 5.82 Å². The van der Waals surface area contributed by atoms with Crippen molar-refractivity contribution in [2.75, 3.05) is 51.4 Å². The fourth-order valence-corrected chi connectivity index (χ4v) is 3.91. The lowest BCUT2D eigenvalue weighted by Crippen LogP contribution is -2.38. The Morgan fingerprint density at radius 1 is 1.21 bits per heavy atom. The number of nitrogens with zero attached hydrogens (tertiary/aromatic N) is 3. The lowest BCUT2D eigenvalue weighted by atomic mass is 10.1. The highest BCUT2D eigenvalue weighted by atomic mass is 35.5. The molecule has 180 valence electrons. The summed E-state index contributed by atoms with van der Waals surface area (Å²) in [7, 11) is 1.79. The van der Waals surface area contributed by atoms with Crippen LogP contribution in [0.1, 0.15) is 0 Å². The Hall–Kier alpha value is -3.14. The van der Waals surface area contributed by atoms with E-state index >= 15 is 0 Å². The van der Waals surface area contributed by atoms with E-state index in [1.54, 1.807) is 42.2 Å². The normalized spacial score (nSPS) is 14.1. The number of rotatable bonds is 9. The number of amides is 1. The molecule has 8 nitrogen and oxygen atoms in total. The van der Waals surface area contributed by atoms with E-state index in [4.69, 9.17) is 25.8 Å². The molecule has 1 saturated heterocycles. The van der Waals surface area contributed by atoms with E-state index in [1.165, 1.54) is 18.2 Å². The highest BCUT2D eigenvalue weighted by Gasteiger charge is 2.17. The van der Waals surface area contributed by atoms with Crippen LogP contribution in [-0.4, -0.2) is 66.6 Å². The van der Waals surface area contributed by atoms with Gasteiger partial charge in [-0.2, -0.15) is 5.10 Å². The van der Waals surface area contributed by atoms with E-state index in [0.717, 1.165) is 32.8 Å². The maximum Gasteiger partial charge on any atom is 0.262 e. The van der Waals surface area contributed by atoms with Gasteiger partial charge in [-0.25, -0.2) is 4.39 Å². The first kappa shape index (κ1) is 24.0. The van der Waals surface area contributed by atoms with Gasteiger partial charge in [-0.15, -0.1) is 0 Å². The van der Waals surface area contributed by atoms with Crippen LogP contribution in [0.3, 0.4) is 0 Å². The minimum absolute atomic E-state index is 0.261. The van der Waals surface area contributed by atoms with Crippen molar-refractivity contribution in [2.24, 2.45) is 7.05 Å². The number of nitrogens with one attached hydrogen (secondary N) is 1. The van der Waals surface area contributed by atoms with Crippen LogP contribution < -0.4 is 14.8 Å². The van der Waals surface area contributed by atoms with Crippen molar-refractivity contribution in [1.29, 1.82) is 0 Å². The van der Waals surface area contributed by atoms with Gasteiger partial charge in [0.05, 0.1) is 30.1 Å². The van der Waals surface area contributed by atoms with Crippen LogP contribution in [0.4, 0.5) is 10.1 Å². The second-order valence-corrected chi connectivity index (χ2v) is 8.18. The van der Waals surface area contributed by atoms with Crippen LogP contribution >= 0.6 is 11.6 Å². The molecule has 2 heterocycles. The predicted molar refractivity (Wildman–Crippen MR) is 127 cm³/mol. The summed E-state index contributed by atoms with van der Waals surface area (Å²) >= 11 is 6.40. The number of hydrogen-bond acceptors (Lipinski definition) is 6. The zero-order valence-electron chi connectivity index (χ0n) is 18.8. The summed E-state index contributed by atoms with van der Waals surface area (Å²) in [5.74, 6) is 0.0985. The Labute approximate surface area is 202 Å². The van der Waals surface area contributed by atoms with E-state index in [2.05, 4.69) is 15.3 Å². The molecule has 0 spiro atoms. The van der Waals surface area contributed by atoms with Crippen molar-refractivity contribution in [1.82, 2.24) is 14.7 Å². The van der Waals surface area contributed by atoms with Gasteiger partial charge >= 0.3 is 0 Å². The predicted octanol–water partition coefficient (Wildman–Crippen LogP) is 3.61. The van der Waals surface area contributed by atoms with Crippen LogP contribution in [-0.2, 0) is 16.6 Å². The summed E-state index contributed by atoms with van der Waals surface area (Å²) in [6, 6.07) is 11.0. The van der Waals surface area contributed by atoms with E-state index in [0.29, 0.717) is 34.3 Å². The van der Waals surface area contributed by atoms with Crippen LogP contribution in [0.15, 0.2) is 48.7 Å². The minimum atomic E-state index is -0.431. The third kappa shape index (κ3) is 6.25. The first-order chi connectivity index (χ1) is 16.5. The molecule has 0 saturated carbocycles. The number of hydrogen-bond donors (Lipinski definition) is 1. The van der Waals surface area contributed by atoms with Gasteiger partial charge in [0, 0.05) is 44.0 Å². The lowest BCUT2D eigenvalue weighted by molar-refractivity contribution is -0.118. The molecular weight excluding hydrogens is 463 g/mol. The second kappa shape index (κ2) is 11.3. The molecule has 1 aliphatic heterocycles.